The molecule has 1 saturated heterocycles. The fourth-order valence-corrected chi connectivity index (χ4v) is 2.78. The summed E-state index contributed by atoms with van der Waals surface area (Å²) < 4.78 is 24.1. The molecule has 1 aliphatic heterocycles. The van der Waals surface area contributed by atoms with Crippen LogP contribution in [-0.4, -0.2) is 24.2 Å². The van der Waals surface area contributed by atoms with Gasteiger partial charge in [0.25, 0.3) is 0 Å². The van der Waals surface area contributed by atoms with E-state index in [1.54, 1.807) is 12.1 Å². The van der Waals surface area contributed by atoms with Crippen molar-refractivity contribution in [1.82, 2.24) is 5.32 Å². The van der Waals surface area contributed by atoms with Crippen molar-refractivity contribution in [2.24, 2.45) is 0 Å². The van der Waals surface area contributed by atoms with E-state index >= 15 is 0 Å². The van der Waals surface area contributed by atoms with Crippen LogP contribution < -0.4 is 10.1 Å². The van der Waals surface area contributed by atoms with E-state index in [0.29, 0.717) is 6.61 Å². The van der Waals surface area contributed by atoms with Gasteiger partial charge in [-0.15, -0.1) is 0 Å². The third-order valence-corrected chi connectivity index (χ3v) is 4.33. The van der Waals surface area contributed by atoms with Gasteiger partial charge in [-0.2, -0.15) is 0 Å². The number of hydrogen-bond donors (Lipinski definition) is 1. The standard InChI is InChI=1S/C19H20FNO2S/c20-16-7-3-14(4-8-16)13-23-17-9-5-15(6-10-17)19(24)21-12-18-2-1-11-22-18/h3-10,18H,1-2,11-13H2,(H,21,24)/t18-/m0/s1. The first kappa shape index (κ1) is 16.9. The van der Waals surface area contributed by atoms with E-state index in [2.05, 4.69) is 5.32 Å². The van der Waals surface area contributed by atoms with E-state index in [1.165, 1.54) is 12.1 Å². The molecule has 5 heteroatoms. The van der Waals surface area contributed by atoms with E-state index in [-0.39, 0.29) is 11.9 Å². The summed E-state index contributed by atoms with van der Waals surface area (Å²) in [6, 6.07) is 13.9. The van der Waals surface area contributed by atoms with E-state index in [0.717, 1.165) is 47.9 Å². The smallest absolute Gasteiger partial charge is 0.123 e. The van der Waals surface area contributed by atoms with Crippen molar-refractivity contribution < 1.29 is 13.9 Å². The van der Waals surface area contributed by atoms with Gasteiger partial charge >= 0.3 is 0 Å². The Morgan fingerprint density at radius 1 is 1.17 bits per heavy atom. The summed E-state index contributed by atoms with van der Waals surface area (Å²) in [6.07, 6.45) is 2.48. The zero-order chi connectivity index (χ0) is 16.8. The van der Waals surface area contributed by atoms with E-state index in [9.17, 15) is 4.39 Å². The first-order valence-corrected chi connectivity index (χ1v) is 8.48. The summed E-state index contributed by atoms with van der Waals surface area (Å²) in [5.74, 6) is 0.511. The van der Waals surface area contributed by atoms with Gasteiger partial charge in [0, 0.05) is 18.7 Å². The van der Waals surface area contributed by atoms with Gasteiger partial charge in [0.1, 0.15) is 23.2 Å². The van der Waals surface area contributed by atoms with Crippen LogP contribution in [0.15, 0.2) is 48.5 Å². The third-order valence-electron chi connectivity index (χ3n) is 3.95. The molecule has 3 nitrogen and oxygen atoms in total. The fraction of sp³-hybridized carbons (Fsp3) is 0.316. The van der Waals surface area contributed by atoms with Gasteiger partial charge in [0.15, 0.2) is 0 Å². The minimum atomic E-state index is -0.243. The van der Waals surface area contributed by atoms with Crippen LogP contribution >= 0.6 is 12.2 Å². The lowest BCUT2D eigenvalue weighted by molar-refractivity contribution is 0.114. The Hall–Kier alpha value is -1.98. The second-order valence-electron chi connectivity index (χ2n) is 5.78. The molecule has 1 aliphatic rings. The van der Waals surface area contributed by atoms with Gasteiger partial charge in [-0.3, -0.25) is 0 Å². The molecule has 1 heterocycles. The summed E-state index contributed by atoms with van der Waals surface area (Å²) in [7, 11) is 0. The lowest BCUT2D eigenvalue weighted by Gasteiger charge is -2.13. The molecule has 1 atom stereocenters. The number of ether oxygens (including phenoxy) is 2. The van der Waals surface area contributed by atoms with Crippen LogP contribution in [0.1, 0.15) is 24.0 Å². The van der Waals surface area contributed by atoms with Gasteiger partial charge in [-0.05, 0) is 54.8 Å². The van der Waals surface area contributed by atoms with Crippen molar-refractivity contribution in [3.05, 3.63) is 65.5 Å². The van der Waals surface area contributed by atoms with Crippen molar-refractivity contribution in [3.8, 4) is 5.75 Å². The number of benzene rings is 2. The lowest BCUT2D eigenvalue weighted by atomic mass is 10.2. The molecule has 0 aliphatic carbocycles. The molecule has 126 valence electrons. The molecular formula is C19H20FNO2S. The molecule has 0 saturated carbocycles. The number of rotatable bonds is 6. The van der Waals surface area contributed by atoms with Crippen molar-refractivity contribution in [1.29, 1.82) is 0 Å². The Balaban J connectivity index is 1.48. The highest BCUT2D eigenvalue weighted by Gasteiger charge is 2.15. The van der Waals surface area contributed by atoms with Crippen LogP contribution in [0.25, 0.3) is 0 Å². The maximum Gasteiger partial charge on any atom is 0.123 e. The molecule has 0 aromatic heterocycles. The maximum atomic E-state index is 12.9. The molecule has 1 fully saturated rings. The Kier molecular flexibility index (Phi) is 5.77. The molecule has 0 spiro atoms. The molecule has 3 rings (SSSR count). The van der Waals surface area contributed by atoms with Crippen molar-refractivity contribution in [2.75, 3.05) is 13.2 Å². The highest BCUT2D eigenvalue weighted by atomic mass is 32.1. The molecule has 2 aromatic carbocycles. The third kappa shape index (κ3) is 4.76. The molecule has 0 bridgehead atoms. The van der Waals surface area contributed by atoms with Crippen LogP contribution in [0.4, 0.5) is 4.39 Å². The first-order chi connectivity index (χ1) is 11.7. The van der Waals surface area contributed by atoms with E-state index in [1.807, 2.05) is 24.3 Å². The van der Waals surface area contributed by atoms with Gasteiger partial charge in [0.2, 0.25) is 0 Å². The number of hydrogen-bond acceptors (Lipinski definition) is 3. The largest absolute Gasteiger partial charge is 0.489 e. The summed E-state index contributed by atoms with van der Waals surface area (Å²) in [4.78, 5) is 0.718. The van der Waals surface area contributed by atoms with E-state index < -0.39 is 0 Å². The molecule has 0 amide bonds. The van der Waals surface area contributed by atoms with Crippen LogP contribution in [0.5, 0.6) is 5.75 Å². The van der Waals surface area contributed by atoms with Gasteiger partial charge < -0.3 is 14.8 Å². The Bertz CT molecular complexity index is 667. The van der Waals surface area contributed by atoms with Crippen LogP contribution in [0, 0.1) is 5.82 Å². The number of halogens is 1. The maximum absolute atomic E-state index is 12.9. The average molecular weight is 345 g/mol. The van der Waals surface area contributed by atoms with E-state index in [4.69, 9.17) is 21.7 Å². The minimum absolute atomic E-state index is 0.243. The Morgan fingerprint density at radius 3 is 2.58 bits per heavy atom. The summed E-state index contributed by atoms with van der Waals surface area (Å²) in [5.41, 5.74) is 1.88. The predicted molar refractivity (Wildman–Crippen MR) is 95.9 cm³/mol. The highest BCUT2D eigenvalue weighted by molar-refractivity contribution is 7.80. The van der Waals surface area contributed by atoms with Crippen molar-refractivity contribution >= 4 is 17.2 Å². The van der Waals surface area contributed by atoms with Gasteiger partial charge in [0.05, 0.1) is 6.10 Å². The van der Waals surface area contributed by atoms with Crippen LogP contribution in [-0.2, 0) is 11.3 Å². The number of thiocarbonyl (C=S) groups is 1. The number of nitrogens with one attached hydrogen (secondary N) is 1. The van der Waals surface area contributed by atoms with Crippen LogP contribution in [0.3, 0.4) is 0 Å². The normalized spacial score (nSPS) is 16.8. The Labute approximate surface area is 146 Å². The molecule has 1 N–H and O–H groups in total. The summed E-state index contributed by atoms with van der Waals surface area (Å²) >= 11 is 5.41. The second kappa shape index (κ2) is 8.22. The second-order valence-corrected chi connectivity index (χ2v) is 6.19. The predicted octanol–water partition coefficient (Wildman–Crippen LogP) is 3.85. The van der Waals surface area contributed by atoms with Crippen molar-refractivity contribution in [3.63, 3.8) is 0 Å². The summed E-state index contributed by atoms with van der Waals surface area (Å²) in [5, 5.41) is 3.25. The average Bonchev–Trinajstić information content (AvgIpc) is 3.13. The SMILES string of the molecule is Fc1ccc(COc2ccc(C(=S)NC[C@@H]3CCCO3)cc2)cc1. The van der Waals surface area contributed by atoms with Gasteiger partial charge in [-0.1, -0.05) is 24.4 Å². The summed E-state index contributed by atoms with van der Waals surface area (Å²) in [6.45, 7) is 2.00. The highest BCUT2D eigenvalue weighted by Crippen LogP contribution is 2.15. The lowest BCUT2D eigenvalue weighted by Crippen LogP contribution is -2.31. The zero-order valence-corrected chi connectivity index (χ0v) is 14.2. The topological polar surface area (TPSA) is 30.5 Å². The Morgan fingerprint density at radius 2 is 1.92 bits per heavy atom. The molecule has 2 aromatic rings. The zero-order valence-electron chi connectivity index (χ0n) is 13.3. The molecule has 24 heavy (non-hydrogen) atoms. The molecule has 0 radical (unpaired) electrons. The molecular weight excluding hydrogens is 325 g/mol. The minimum Gasteiger partial charge on any atom is -0.489 e. The monoisotopic (exact) mass is 345 g/mol. The van der Waals surface area contributed by atoms with Gasteiger partial charge in [-0.25, -0.2) is 4.39 Å². The first-order valence-electron chi connectivity index (χ1n) is 8.08. The van der Waals surface area contributed by atoms with Crippen molar-refractivity contribution in [2.45, 2.75) is 25.6 Å². The fourth-order valence-electron chi connectivity index (χ4n) is 2.56. The molecule has 0 unspecified atom stereocenters. The van der Waals surface area contributed by atoms with Crippen LogP contribution in [0.2, 0.25) is 0 Å². The quantitative estimate of drug-likeness (QED) is 0.806.